The molecule has 2 atom stereocenters. The molecule has 0 aliphatic heterocycles. The Hall–Kier alpha value is -0.830. The molecule has 0 saturated carbocycles. The smallest absolute Gasteiger partial charge is 0.0944 e. The maximum Gasteiger partial charge on any atom is 0.0944 e. The van der Waals surface area contributed by atoms with Gasteiger partial charge < -0.3 is 4.74 Å². The van der Waals surface area contributed by atoms with Gasteiger partial charge in [0.25, 0.3) is 0 Å². The minimum atomic E-state index is -0.0519. The third-order valence-electron chi connectivity index (χ3n) is 3.03. The van der Waals surface area contributed by atoms with Gasteiger partial charge in [0.1, 0.15) is 0 Å². The molecule has 0 N–H and O–H groups in total. The van der Waals surface area contributed by atoms with Crippen LogP contribution in [-0.2, 0) is 4.74 Å². The van der Waals surface area contributed by atoms with Crippen LogP contribution in [0.2, 0.25) is 5.02 Å². The van der Waals surface area contributed by atoms with Gasteiger partial charge in [-0.1, -0.05) is 76.1 Å². The first-order valence-electron chi connectivity index (χ1n) is 6.23. The molecular weight excluding hydrogens is 324 g/mol. The molecule has 0 radical (unpaired) electrons. The van der Waals surface area contributed by atoms with Crippen molar-refractivity contribution in [1.29, 1.82) is 0 Å². The topological polar surface area (TPSA) is 9.23 Å². The van der Waals surface area contributed by atoms with Crippen LogP contribution in [0.4, 0.5) is 0 Å². The number of benzene rings is 2. The van der Waals surface area contributed by atoms with Crippen molar-refractivity contribution >= 4 is 27.5 Å². The van der Waals surface area contributed by atoms with Crippen molar-refractivity contribution < 1.29 is 4.74 Å². The quantitative estimate of drug-likeness (QED) is 0.649. The van der Waals surface area contributed by atoms with Crippen LogP contribution in [0, 0.1) is 0 Å². The van der Waals surface area contributed by atoms with E-state index in [0.717, 1.165) is 10.6 Å². The fraction of sp³-hybridized carbons (Fsp3) is 0.250. The summed E-state index contributed by atoms with van der Waals surface area (Å²) in [6.45, 7) is 2.06. The van der Waals surface area contributed by atoms with Gasteiger partial charge in [0.05, 0.1) is 12.2 Å². The second kappa shape index (κ2) is 7.09. The summed E-state index contributed by atoms with van der Waals surface area (Å²) in [5.74, 6) is 0. The Labute approximate surface area is 127 Å². The first kappa shape index (κ1) is 14.6. The van der Waals surface area contributed by atoms with Crippen LogP contribution in [0.5, 0.6) is 0 Å². The zero-order valence-electron chi connectivity index (χ0n) is 10.7. The summed E-state index contributed by atoms with van der Waals surface area (Å²) in [6, 6.07) is 18.0. The molecule has 2 unspecified atom stereocenters. The molecular formula is C16H16BrClO. The van der Waals surface area contributed by atoms with E-state index in [-0.39, 0.29) is 12.2 Å². The molecule has 0 aromatic heterocycles. The Kier molecular flexibility index (Phi) is 5.44. The summed E-state index contributed by atoms with van der Waals surface area (Å²) >= 11 is 9.73. The van der Waals surface area contributed by atoms with Crippen LogP contribution in [0.25, 0.3) is 0 Å². The van der Waals surface area contributed by atoms with Crippen LogP contribution in [0.15, 0.2) is 54.6 Å². The SMILES string of the molecule is CC(OC(CBr)c1ccccc1Cl)c1ccccc1. The van der Waals surface area contributed by atoms with E-state index >= 15 is 0 Å². The maximum atomic E-state index is 6.23. The van der Waals surface area contributed by atoms with Gasteiger partial charge in [0.15, 0.2) is 0 Å². The van der Waals surface area contributed by atoms with Gasteiger partial charge in [0, 0.05) is 15.9 Å². The van der Waals surface area contributed by atoms with E-state index in [9.17, 15) is 0 Å². The summed E-state index contributed by atoms with van der Waals surface area (Å²) in [6.07, 6.45) is -0.0241. The highest BCUT2D eigenvalue weighted by Gasteiger charge is 2.17. The number of hydrogen-bond donors (Lipinski definition) is 0. The first-order valence-corrected chi connectivity index (χ1v) is 7.73. The molecule has 3 heteroatoms. The molecule has 0 fully saturated rings. The highest BCUT2D eigenvalue weighted by atomic mass is 79.9. The Balaban J connectivity index is 2.14. The van der Waals surface area contributed by atoms with Crippen molar-refractivity contribution in [1.82, 2.24) is 0 Å². The standard InChI is InChI=1S/C16H16BrClO/c1-12(13-7-3-2-4-8-13)19-16(11-17)14-9-5-6-10-15(14)18/h2-10,12,16H,11H2,1H3. The van der Waals surface area contributed by atoms with Gasteiger partial charge >= 0.3 is 0 Å². The number of alkyl halides is 1. The third-order valence-corrected chi connectivity index (χ3v) is 3.96. The van der Waals surface area contributed by atoms with Gasteiger partial charge in [-0.2, -0.15) is 0 Å². The normalized spacial score (nSPS) is 14.1. The summed E-state index contributed by atoms with van der Waals surface area (Å²) < 4.78 is 6.12. The minimum absolute atomic E-state index is 0.0278. The van der Waals surface area contributed by atoms with Gasteiger partial charge in [-0.15, -0.1) is 0 Å². The van der Waals surface area contributed by atoms with Crippen LogP contribution in [-0.4, -0.2) is 5.33 Å². The second-order valence-electron chi connectivity index (χ2n) is 4.35. The average molecular weight is 340 g/mol. The van der Waals surface area contributed by atoms with Gasteiger partial charge in [-0.25, -0.2) is 0 Å². The molecule has 0 bridgehead atoms. The maximum absolute atomic E-state index is 6.23. The van der Waals surface area contributed by atoms with E-state index < -0.39 is 0 Å². The molecule has 2 aromatic rings. The molecule has 0 aliphatic rings. The van der Waals surface area contributed by atoms with Crippen LogP contribution in [0.3, 0.4) is 0 Å². The van der Waals surface area contributed by atoms with Crippen LogP contribution < -0.4 is 0 Å². The molecule has 2 aromatic carbocycles. The summed E-state index contributed by atoms with van der Waals surface area (Å²) in [7, 11) is 0. The zero-order chi connectivity index (χ0) is 13.7. The van der Waals surface area contributed by atoms with Crippen molar-refractivity contribution in [2.75, 3.05) is 5.33 Å². The van der Waals surface area contributed by atoms with E-state index in [1.165, 1.54) is 5.56 Å². The molecule has 0 heterocycles. The van der Waals surface area contributed by atoms with Crippen LogP contribution in [0.1, 0.15) is 30.3 Å². The Morgan fingerprint density at radius 1 is 1.05 bits per heavy atom. The van der Waals surface area contributed by atoms with E-state index in [2.05, 4.69) is 35.0 Å². The molecule has 1 nitrogen and oxygen atoms in total. The lowest BCUT2D eigenvalue weighted by atomic mass is 10.1. The molecule has 0 aliphatic carbocycles. The monoisotopic (exact) mass is 338 g/mol. The number of hydrogen-bond acceptors (Lipinski definition) is 1. The lowest BCUT2D eigenvalue weighted by Crippen LogP contribution is -2.10. The lowest BCUT2D eigenvalue weighted by Gasteiger charge is -2.22. The average Bonchev–Trinajstić information content (AvgIpc) is 2.46. The number of rotatable bonds is 5. The fourth-order valence-electron chi connectivity index (χ4n) is 1.98. The van der Waals surface area contributed by atoms with Crippen molar-refractivity contribution in [2.45, 2.75) is 19.1 Å². The highest BCUT2D eigenvalue weighted by Crippen LogP contribution is 2.31. The molecule has 0 amide bonds. The number of ether oxygens (including phenoxy) is 1. The van der Waals surface area contributed by atoms with Crippen molar-refractivity contribution in [3.05, 3.63) is 70.7 Å². The predicted octanol–water partition coefficient (Wildman–Crippen LogP) is 5.55. The van der Waals surface area contributed by atoms with E-state index in [1.54, 1.807) is 0 Å². The minimum Gasteiger partial charge on any atom is -0.365 e. The van der Waals surface area contributed by atoms with E-state index in [0.29, 0.717) is 5.33 Å². The Morgan fingerprint density at radius 2 is 1.68 bits per heavy atom. The van der Waals surface area contributed by atoms with Crippen molar-refractivity contribution in [3.63, 3.8) is 0 Å². The van der Waals surface area contributed by atoms with Crippen molar-refractivity contribution in [3.8, 4) is 0 Å². The highest BCUT2D eigenvalue weighted by molar-refractivity contribution is 9.09. The molecule has 0 spiro atoms. The molecule has 100 valence electrons. The first-order chi connectivity index (χ1) is 9.22. The Bertz CT molecular complexity index is 515. The third kappa shape index (κ3) is 3.82. The zero-order valence-corrected chi connectivity index (χ0v) is 13.1. The van der Waals surface area contributed by atoms with Crippen molar-refractivity contribution in [2.24, 2.45) is 0 Å². The molecule has 0 saturated heterocycles. The van der Waals surface area contributed by atoms with E-state index in [4.69, 9.17) is 16.3 Å². The summed E-state index contributed by atoms with van der Waals surface area (Å²) in [5.41, 5.74) is 2.18. The van der Waals surface area contributed by atoms with Gasteiger partial charge in [-0.3, -0.25) is 0 Å². The van der Waals surface area contributed by atoms with Gasteiger partial charge in [0.2, 0.25) is 0 Å². The molecule has 19 heavy (non-hydrogen) atoms. The van der Waals surface area contributed by atoms with E-state index in [1.807, 2.05) is 42.5 Å². The number of halogens is 2. The second-order valence-corrected chi connectivity index (χ2v) is 5.41. The largest absolute Gasteiger partial charge is 0.365 e. The summed E-state index contributed by atoms with van der Waals surface area (Å²) in [5, 5.41) is 1.46. The van der Waals surface area contributed by atoms with Gasteiger partial charge in [-0.05, 0) is 18.6 Å². The fourth-order valence-corrected chi connectivity index (χ4v) is 2.74. The van der Waals surface area contributed by atoms with Crippen LogP contribution >= 0.6 is 27.5 Å². The lowest BCUT2D eigenvalue weighted by molar-refractivity contribution is 0.00938. The molecule has 2 rings (SSSR count). The Morgan fingerprint density at radius 3 is 2.32 bits per heavy atom. The predicted molar refractivity (Wildman–Crippen MR) is 83.9 cm³/mol. The summed E-state index contributed by atoms with van der Waals surface area (Å²) in [4.78, 5) is 0.